The van der Waals surface area contributed by atoms with Gasteiger partial charge in [0.15, 0.2) is 0 Å². The third-order valence-corrected chi connectivity index (χ3v) is 3.46. The molecule has 0 aromatic heterocycles. The Labute approximate surface area is 107 Å². The number of rotatable bonds is 2. The third kappa shape index (κ3) is 3.13. The molecule has 1 N–H and O–H groups in total. The highest BCUT2D eigenvalue weighted by atomic mass is 16.6. The minimum atomic E-state index is -0.353. The molecule has 0 aliphatic carbocycles. The largest absolute Gasteiger partial charge is 0.468 e. The zero-order valence-electron chi connectivity index (χ0n) is 10.7. The molecule has 2 fully saturated rings. The highest BCUT2D eigenvalue weighted by molar-refractivity contribution is 5.76. The van der Waals surface area contributed by atoms with Crippen LogP contribution in [0.5, 0.6) is 0 Å². The maximum Gasteiger partial charge on any atom is 0.410 e. The number of hydrogen-bond acceptors (Lipinski definition) is 5. The first kappa shape index (κ1) is 13.1. The van der Waals surface area contributed by atoms with Gasteiger partial charge in [0, 0.05) is 26.1 Å². The van der Waals surface area contributed by atoms with Gasteiger partial charge >= 0.3 is 12.1 Å². The van der Waals surface area contributed by atoms with Gasteiger partial charge in [-0.1, -0.05) is 0 Å². The lowest BCUT2D eigenvalue weighted by Crippen LogP contribution is -2.38. The monoisotopic (exact) mass is 256 g/mol. The van der Waals surface area contributed by atoms with E-state index in [-0.39, 0.29) is 24.2 Å². The van der Waals surface area contributed by atoms with E-state index in [1.807, 2.05) is 0 Å². The van der Waals surface area contributed by atoms with Crippen molar-refractivity contribution < 1.29 is 19.1 Å². The van der Waals surface area contributed by atoms with Crippen LogP contribution < -0.4 is 5.32 Å². The molecule has 2 aliphatic rings. The molecule has 2 saturated heterocycles. The van der Waals surface area contributed by atoms with E-state index in [9.17, 15) is 9.59 Å². The molecule has 6 nitrogen and oxygen atoms in total. The molecule has 1 amide bonds. The molecule has 2 aliphatic heterocycles. The van der Waals surface area contributed by atoms with E-state index in [1.54, 1.807) is 4.90 Å². The van der Waals surface area contributed by atoms with Gasteiger partial charge in [0.25, 0.3) is 0 Å². The van der Waals surface area contributed by atoms with Gasteiger partial charge in [0.2, 0.25) is 0 Å². The van der Waals surface area contributed by atoms with Gasteiger partial charge < -0.3 is 19.7 Å². The number of esters is 1. The second kappa shape index (κ2) is 6.04. The minimum absolute atomic E-state index is 0.233. The molecule has 0 bridgehead atoms. The van der Waals surface area contributed by atoms with Gasteiger partial charge in [-0.25, -0.2) is 4.79 Å². The summed E-state index contributed by atoms with van der Waals surface area (Å²) in [6.07, 6.45) is 3.27. The Balaban J connectivity index is 1.76. The van der Waals surface area contributed by atoms with Crippen molar-refractivity contribution >= 4 is 12.1 Å². The van der Waals surface area contributed by atoms with E-state index < -0.39 is 0 Å². The molecule has 2 rings (SSSR count). The number of hydrogen-bond donors (Lipinski definition) is 1. The fourth-order valence-corrected chi connectivity index (χ4v) is 2.41. The van der Waals surface area contributed by atoms with Crippen LogP contribution in [-0.2, 0) is 14.3 Å². The Kier molecular flexibility index (Phi) is 4.41. The van der Waals surface area contributed by atoms with Crippen molar-refractivity contribution in [3.8, 4) is 0 Å². The third-order valence-electron chi connectivity index (χ3n) is 3.46. The SMILES string of the molecule is COC(=O)[C@@H]1C[C@@H](OC(=O)N2CCCCC2)CN1. The zero-order valence-corrected chi connectivity index (χ0v) is 10.7. The highest BCUT2D eigenvalue weighted by Crippen LogP contribution is 2.15. The lowest BCUT2D eigenvalue weighted by Gasteiger charge is -2.27. The van der Waals surface area contributed by atoms with Crippen LogP contribution in [0.25, 0.3) is 0 Å². The molecule has 18 heavy (non-hydrogen) atoms. The molecule has 102 valence electrons. The predicted octanol–water partition coefficient (Wildman–Crippen LogP) is 0.512. The lowest BCUT2D eigenvalue weighted by atomic mass is 10.1. The molecule has 0 spiro atoms. The molecule has 0 saturated carbocycles. The Hall–Kier alpha value is -1.30. The number of carbonyl (C=O) groups excluding carboxylic acids is 2. The first-order chi connectivity index (χ1) is 8.70. The summed E-state index contributed by atoms with van der Waals surface area (Å²) in [4.78, 5) is 24.9. The number of carbonyl (C=O) groups is 2. The highest BCUT2D eigenvalue weighted by Gasteiger charge is 2.33. The number of piperidine rings is 1. The molecule has 0 aromatic rings. The summed E-state index contributed by atoms with van der Waals surface area (Å²) < 4.78 is 10.0. The van der Waals surface area contributed by atoms with Crippen LogP contribution in [0.2, 0.25) is 0 Å². The fraction of sp³-hybridized carbons (Fsp3) is 0.833. The van der Waals surface area contributed by atoms with Gasteiger partial charge in [-0.15, -0.1) is 0 Å². The number of nitrogens with one attached hydrogen (secondary N) is 1. The Morgan fingerprint density at radius 1 is 1.22 bits per heavy atom. The van der Waals surface area contributed by atoms with Crippen molar-refractivity contribution in [2.45, 2.75) is 37.8 Å². The Bertz CT molecular complexity index is 315. The van der Waals surface area contributed by atoms with Crippen LogP contribution in [0.1, 0.15) is 25.7 Å². The minimum Gasteiger partial charge on any atom is -0.468 e. The number of amides is 1. The average molecular weight is 256 g/mol. The normalized spacial score (nSPS) is 27.9. The first-order valence-electron chi connectivity index (χ1n) is 6.47. The van der Waals surface area contributed by atoms with Gasteiger partial charge in [0.05, 0.1) is 7.11 Å². The second-order valence-corrected chi connectivity index (χ2v) is 4.77. The van der Waals surface area contributed by atoms with Crippen molar-refractivity contribution in [1.29, 1.82) is 0 Å². The van der Waals surface area contributed by atoms with Crippen molar-refractivity contribution in [3.63, 3.8) is 0 Å². The summed E-state index contributed by atoms with van der Waals surface area (Å²) in [5.74, 6) is -0.300. The molecule has 2 heterocycles. The summed E-state index contributed by atoms with van der Waals surface area (Å²) in [6, 6.07) is -0.353. The lowest BCUT2D eigenvalue weighted by molar-refractivity contribution is -0.142. The van der Waals surface area contributed by atoms with E-state index in [0.29, 0.717) is 13.0 Å². The zero-order chi connectivity index (χ0) is 13.0. The van der Waals surface area contributed by atoms with E-state index in [0.717, 1.165) is 25.9 Å². The van der Waals surface area contributed by atoms with Crippen LogP contribution in [0, 0.1) is 0 Å². The van der Waals surface area contributed by atoms with Crippen LogP contribution in [-0.4, -0.2) is 55.9 Å². The van der Waals surface area contributed by atoms with E-state index in [1.165, 1.54) is 13.5 Å². The van der Waals surface area contributed by atoms with Crippen molar-refractivity contribution in [3.05, 3.63) is 0 Å². The second-order valence-electron chi connectivity index (χ2n) is 4.77. The van der Waals surface area contributed by atoms with Gasteiger partial charge in [-0.05, 0) is 19.3 Å². The Morgan fingerprint density at radius 3 is 2.61 bits per heavy atom. The number of likely N-dealkylation sites (tertiary alicyclic amines) is 1. The maximum atomic E-state index is 11.9. The maximum absolute atomic E-state index is 11.9. The molecular formula is C12H20N2O4. The fourth-order valence-electron chi connectivity index (χ4n) is 2.41. The summed E-state index contributed by atoms with van der Waals surface area (Å²) in [5, 5.41) is 3.00. The molecule has 0 aromatic carbocycles. The van der Waals surface area contributed by atoms with Crippen molar-refractivity contribution in [2.24, 2.45) is 0 Å². The van der Waals surface area contributed by atoms with Crippen LogP contribution in [0.15, 0.2) is 0 Å². The molecule has 0 radical (unpaired) electrons. The van der Waals surface area contributed by atoms with E-state index in [4.69, 9.17) is 4.74 Å². The topological polar surface area (TPSA) is 67.9 Å². The standard InChI is InChI=1S/C12H20N2O4/c1-17-11(15)10-7-9(8-13-10)18-12(16)14-5-3-2-4-6-14/h9-10,13H,2-8H2,1H3/t9-,10+/m1/s1. The van der Waals surface area contributed by atoms with Crippen LogP contribution in [0.4, 0.5) is 4.79 Å². The van der Waals surface area contributed by atoms with E-state index >= 15 is 0 Å². The van der Waals surface area contributed by atoms with Gasteiger partial charge in [-0.3, -0.25) is 4.79 Å². The summed E-state index contributed by atoms with van der Waals surface area (Å²) in [5.41, 5.74) is 0. The van der Waals surface area contributed by atoms with Gasteiger partial charge in [-0.2, -0.15) is 0 Å². The van der Waals surface area contributed by atoms with Crippen molar-refractivity contribution in [1.82, 2.24) is 10.2 Å². The molecular weight excluding hydrogens is 236 g/mol. The summed E-state index contributed by atoms with van der Waals surface area (Å²) in [6.45, 7) is 2.07. The van der Waals surface area contributed by atoms with Crippen LogP contribution >= 0.6 is 0 Å². The van der Waals surface area contributed by atoms with E-state index in [2.05, 4.69) is 10.1 Å². The Morgan fingerprint density at radius 2 is 1.94 bits per heavy atom. The average Bonchev–Trinajstić information content (AvgIpc) is 2.87. The van der Waals surface area contributed by atoms with Gasteiger partial charge in [0.1, 0.15) is 12.1 Å². The summed E-state index contributed by atoms with van der Waals surface area (Å²) >= 11 is 0. The quantitative estimate of drug-likeness (QED) is 0.729. The van der Waals surface area contributed by atoms with Crippen LogP contribution in [0.3, 0.4) is 0 Å². The smallest absolute Gasteiger partial charge is 0.410 e. The van der Waals surface area contributed by atoms with Crippen molar-refractivity contribution in [2.75, 3.05) is 26.7 Å². The molecule has 0 unspecified atom stereocenters. The molecule has 2 atom stereocenters. The number of ether oxygens (including phenoxy) is 2. The number of nitrogens with zero attached hydrogens (tertiary/aromatic N) is 1. The number of methoxy groups -OCH3 is 1. The summed E-state index contributed by atoms with van der Waals surface area (Å²) in [7, 11) is 1.36. The molecule has 6 heteroatoms. The predicted molar refractivity (Wildman–Crippen MR) is 64.1 cm³/mol. The first-order valence-corrected chi connectivity index (χ1v) is 6.47.